The average Bonchev–Trinajstić information content (AvgIpc) is 3.09. The van der Waals surface area contributed by atoms with Gasteiger partial charge in [-0.2, -0.15) is 13.2 Å². The lowest BCUT2D eigenvalue weighted by Crippen LogP contribution is -2.61. The number of hydrogen-bond donors (Lipinski definition) is 2. The van der Waals surface area contributed by atoms with Crippen LogP contribution in [0.1, 0.15) is 23.0 Å². The van der Waals surface area contributed by atoms with Gasteiger partial charge in [0, 0.05) is 11.6 Å². The Hall–Kier alpha value is -3.17. The van der Waals surface area contributed by atoms with Crippen LogP contribution in [-0.4, -0.2) is 32.0 Å². The molecule has 1 heterocycles. The minimum atomic E-state index is -5.00. The fourth-order valence-corrected chi connectivity index (χ4v) is 2.28. The van der Waals surface area contributed by atoms with E-state index in [-0.39, 0.29) is 17.9 Å². The van der Waals surface area contributed by atoms with Crippen molar-refractivity contribution in [2.45, 2.75) is 18.8 Å². The molecule has 0 aliphatic heterocycles. The number of hydrogen-bond acceptors (Lipinski definition) is 6. The molecule has 27 heavy (non-hydrogen) atoms. The second-order valence-corrected chi connectivity index (χ2v) is 5.24. The lowest BCUT2D eigenvalue weighted by atomic mass is 9.98. The number of benzene rings is 1. The maximum absolute atomic E-state index is 14.1. The van der Waals surface area contributed by atoms with Gasteiger partial charge in [0.15, 0.2) is 5.88 Å². The van der Waals surface area contributed by atoms with Crippen LogP contribution < -0.4 is 10.6 Å². The molecule has 2 N–H and O–H groups in total. The molecule has 0 fully saturated rings. The van der Waals surface area contributed by atoms with Crippen LogP contribution in [0.15, 0.2) is 46.9 Å². The molecular weight excluding hydrogens is 369 g/mol. The standard InChI is InChI=1S/C17H17F3N2O5/c1-3-26-14(23)12-9-10-13(27-12)21-16(17(18,19)20,22-15(24)25-2)11-7-5-4-6-8-11/h4-10,21H,3H2,1-2H3,(H,22,24)/t16-/m1/s1. The molecule has 1 aromatic carbocycles. The number of ether oxygens (including phenoxy) is 2. The number of methoxy groups -OCH3 is 1. The van der Waals surface area contributed by atoms with Gasteiger partial charge in [-0.05, 0) is 13.0 Å². The van der Waals surface area contributed by atoms with Crippen molar-refractivity contribution in [1.82, 2.24) is 5.32 Å². The summed E-state index contributed by atoms with van der Waals surface area (Å²) in [6.07, 6.45) is -6.32. The smallest absolute Gasteiger partial charge is 0.435 e. The van der Waals surface area contributed by atoms with Crippen molar-refractivity contribution in [3.8, 4) is 0 Å². The molecule has 0 saturated carbocycles. The second kappa shape index (κ2) is 8.02. The molecule has 0 bridgehead atoms. The lowest BCUT2D eigenvalue weighted by Gasteiger charge is -2.36. The van der Waals surface area contributed by atoms with Gasteiger partial charge in [-0.25, -0.2) is 9.59 Å². The molecule has 0 unspecified atom stereocenters. The van der Waals surface area contributed by atoms with Gasteiger partial charge in [-0.15, -0.1) is 0 Å². The molecule has 1 atom stereocenters. The first-order valence-corrected chi connectivity index (χ1v) is 7.77. The van der Waals surface area contributed by atoms with E-state index in [1.165, 1.54) is 30.3 Å². The van der Waals surface area contributed by atoms with Gasteiger partial charge in [0.1, 0.15) is 0 Å². The third-order valence-electron chi connectivity index (χ3n) is 3.50. The molecular formula is C17H17F3N2O5. The number of alkyl halides is 3. The van der Waals surface area contributed by atoms with Gasteiger partial charge in [0.25, 0.3) is 0 Å². The number of amides is 1. The maximum Gasteiger partial charge on any atom is 0.435 e. The van der Waals surface area contributed by atoms with Crippen molar-refractivity contribution in [2.24, 2.45) is 0 Å². The van der Waals surface area contributed by atoms with Gasteiger partial charge >= 0.3 is 18.2 Å². The highest BCUT2D eigenvalue weighted by molar-refractivity contribution is 5.86. The Morgan fingerprint density at radius 3 is 2.33 bits per heavy atom. The van der Waals surface area contributed by atoms with Crippen molar-refractivity contribution >= 4 is 17.9 Å². The van der Waals surface area contributed by atoms with Crippen LogP contribution in [0.2, 0.25) is 0 Å². The molecule has 0 spiro atoms. The molecule has 10 heteroatoms. The van der Waals surface area contributed by atoms with Crippen molar-refractivity contribution < 1.29 is 36.7 Å². The third kappa shape index (κ3) is 4.33. The molecule has 0 saturated heterocycles. The van der Waals surface area contributed by atoms with E-state index in [1.54, 1.807) is 12.2 Å². The number of carbonyl (C=O) groups excluding carboxylic acids is 2. The predicted octanol–water partition coefficient (Wildman–Crippen LogP) is 3.64. The fourth-order valence-electron chi connectivity index (χ4n) is 2.28. The molecule has 1 aromatic heterocycles. The summed E-state index contributed by atoms with van der Waals surface area (Å²) in [5, 5.41) is 3.90. The Bertz CT molecular complexity index is 791. The van der Waals surface area contributed by atoms with Crippen molar-refractivity contribution in [1.29, 1.82) is 0 Å². The lowest BCUT2D eigenvalue weighted by molar-refractivity contribution is -0.189. The molecule has 0 aliphatic rings. The number of rotatable bonds is 6. The van der Waals surface area contributed by atoms with Gasteiger partial charge in [0.2, 0.25) is 11.4 Å². The van der Waals surface area contributed by atoms with Crippen LogP contribution >= 0.6 is 0 Å². The first-order chi connectivity index (χ1) is 12.7. The highest BCUT2D eigenvalue weighted by Gasteiger charge is 2.58. The van der Waals surface area contributed by atoms with Crippen molar-refractivity contribution in [2.75, 3.05) is 19.0 Å². The minimum absolute atomic E-state index is 0.0721. The van der Waals surface area contributed by atoms with Crippen LogP contribution in [0.3, 0.4) is 0 Å². The largest absolute Gasteiger partial charge is 0.460 e. The van der Waals surface area contributed by atoms with E-state index < -0.39 is 29.8 Å². The van der Waals surface area contributed by atoms with Crippen LogP contribution in [0.4, 0.5) is 23.8 Å². The van der Waals surface area contributed by atoms with E-state index >= 15 is 0 Å². The normalized spacial score (nSPS) is 13.4. The number of carbonyl (C=O) groups is 2. The van der Waals surface area contributed by atoms with E-state index in [4.69, 9.17) is 9.15 Å². The third-order valence-corrected chi connectivity index (χ3v) is 3.50. The van der Waals surface area contributed by atoms with Gasteiger partial charge in [-0.1, -0.05) is 30.3 Å². The SMILES string of the molecule is CCOC(=O)c1ccc(N[C@@](NC(=O)OC)(c2ccccc2)C(F)(F)F)o1. The zero-order valence-electron chi connectivity index (χ0n) is 14.4. The van der Waals surface area contributed by atoms with Crippen LogP contribution in [-0.2, 0) is 15.1 Å². The Morgan fingerprint density at radius 1 is 1.11 bits per heavy atom. The summed E-state index contributed by atoms with van der Waals surface area (Å²) in [5.74, 6) is -1.53. The monoisotopic (exact) mass is 386 g/mol. The molecule has 0 radical (unpaired) electrons. The summed E-state index contributed by atoms with van der Waals surface area (Å²) < 4.78 is 56.4. The number of esters is 1. The van der Waals surface area contributed by atoms with Gasteiger partial charge < -0.3 is 19.2 Å². The first-order valence-electron chi connectivity index (χ1n) is 7.77. The average molecular weight is 386 g/mol. The number of alkyl carbamates (subject to hydrolysis) is 1. The Kier molecular flexibility index (Phi) is 5.98. The molecule has 1 amide bonds. The predicted molar refractivity (Wildman–Crippen MR) is 88.0 cm³/mol. The van der Waals surface area contributed by atoms with E-state index in [9.17, 15) is 22.8 Å². The summed E-state index contributed by atoms with van der Waals surface area (Å²) in [6, 6.07) is 8.90. The highest BCUT2D eigenvalue weighted by atomic mass is 19.4. The topological polar surface area (TPSA) is 89.8 Å². The molecule has 2 aromatic rings. The Morgan fingerprint density at radius 2 is 1.78 bits per heavy atom. The van der Waals surface area contributed by atoms with E-state index in [2.05, 4.69) is 10.1 Å². The Balaban J connectivity index is 2.49. The fraction of sp³-hybridized carbons (Fsp3) is 0.294. The van der Waals surface area contributed by atoms with Crippen molar-refractivity contribution in [3.05, 3.63) is 53.8 Å². The molecule has 7 nitrogen and oxygen atoms in total. The maximum atomic E-state index is 14.1. The number of nitrogens with one attached hydrogen (secondary N) is 2. The Labute approximate surface area is 152 Å². The van der Waals surface area contributed by atoms with Crippen molar-refractivity contribution in [3.63, 3.8) is 0 Å². The number of anilines is 1. The van der Waals surface area contributed by atoms with Gasteiger partial charge in [0.05, 0.1) is 13.7 Å². The first kappa shape index (κ1) is 20.1. The van der Waals surface area contributed by atoms with E-state index in [0.29, 0.717) is 0 Å². The summed E-state index contributed by atoms with van der Waals surface area (Å²) in [7, 11) is 0.938. The zero-order chi connectivity index (χ0) is 20.1. The summed E-state index contributed by atoms with van der Waals surface area (Å²) in [6.45, 7) is 1.65. The van der Waals surface area contributed by atoms with E-state index in [1.807, 2.05) is 0 Å². The summed E-state index contributed by atoms with van der Waals surface area (Å²) in [5.41, 5.74) is -3.39. The summed E-state index contributed by atoms with van der Waals surface area (Å²) >= 11 is 0. The minimum Gasteiger partial charge on any atom is -0.460 e. The zero-order valence-corrected chi connectivity index (χ0v) is 14.4. The quantitative estimate of drug-likeness (QED) is 0.582. The van der Waals surface area contributed by atoms with Gasteiger partial charge in [-0.3, -0.25) is 5.32 Å². The summed E-state index contributed by atoms with van der Waals surface area (Å²) in [4.78, 5) is 23.3. The number of halogens is 3. The van der Waals surface area contributed by atoms with E-state index in [0.717, 1.165) is 19.2 Å². The highest BCUT2D eigenvalue weighted by Crippen LogP contribution is 2.40. The van der Waals surface area contributed by atoms with Crippen LogP contribution in [0.25, 0.3) is 0 Å². The second-order valence-electron chi connectivity index (χ2n) is 5.24. The molecule has 0 aliphatic carbocycles. The molecule has 2 rings (SSSR count). The van der Waals surface area contributed by atoms with Crippen LogP contribution in [0.5, 0.6) is 0 Å². The molecule has 146 valence electrons. The number of furan rings is 1. The van der Waals surface area contributed by atoms with Crippen LogP contribution in [0, 0.1) is 0 Å².